The molecule has 224 valence electrons. The average Bonchev–Trinajstić information content (AvgIpc) is 3.90. The molecule has 11 heteroatoms. The molecule has 1 aliphatic heterocycles. The lowest BCUT2D eigenvalue weighted by Gasteiger charge is -2.33. The van der Waals surface area contributed by atoms with Crippen molar-refractivity contribution in [1.82, 2.24) is 10.1 Å². The molecule has 0 amide bonds. The molecule has 3 aromatic rings. The summed E-state index contributed by atoms with van der Waals surface area (Å²) in [4.78, 5) is 18.6. The van der Waals surface area contributed by atoms with Crippen LogP contribution in [0.2, 0.25) is 0 Å². The van der Waals surface area contributed by atoms with Crippen LogP contribution in [0.4, 0.5) is 19.0 Å². The standard InChI is InChI=1S/C31H34F3N3O5/c1-2-21-11-12-22(37(21)29-24(18-7-8-18)15-20(16-35-29)30(38)39)13-14-40-17-25-27(36-42-28(25)19-9-10-19)23-5-3-4-6-26(23)41-31(32,33)34/h3-6,15-16,18-19,21-22H,2,7-14,17H2,1H3,(H,38,39)/t21?,22-/m0/s1. The van der Waals surface area contributed by atoms with E-state index < -0.39 is 12.3 Å². The molecule has 1 aromatic carbocycles. The molecule has 0 bridgehead atoms. The number of hydrogen-bond acceptors (Lipinski definition) is 7. The van der Waals surface area contributed by atoms with Gasteiger partial charge in [-0.15, -0.1) is 13.2 Å². The second-order valence-electron chi connectivity index (χ2n) is 11.5. The predicted octanol–water partition coefficient (Wildman–Crippen LogP) is 7.44. The molecule has 2 saturated carbocycles. The molecule has 2 atom stereocenters. The van der Waals surface area contributed by atoms with E-state index in [9.17, 15) is 23.1 Å². The van der Waals surface area contributed by atoms with Crippen LogP contribution in [0.3, 0.4) is 0 Å². The first kappa shape index (κ1) is 28.5. The quantitative estimate of drug-likeness (QED) is 0.219. The fourth-order valence-corrected chi connectivity index (χ4v) is 6.10. The fraction of sp³-hybridized carbons (Fsp3) is 0.516. The van der Waals surface area contributed by atoms with Gasteiger partial charge in [-0.05, 0) is 81.0 Å². The second-order valence-corrected chi connectivity index (χ2v) is 11.5. The summed E-state index contributed by atoms with van der Waals surface area (Å²) in [6.07, 6.45) is 4.26. The highest BCUT2D eigenvalue weighted by atomic mass is 19.4. The van der Waals surface area contributed by atoms with Crippen LogP contribution in [-0.2, 0) is 11.3 Å². The zero-order chi connectivity index (χ0) is 29.4. The van der Waals surface area contributed by atoms with Crippen LogP contribution in [0.5, 0.6) is 5.75 Å². The van der Waals surface area contributed by atoms with Gasteiger partial charge in [-0.3, -0.25) is 0 Å². The Labute approximate surface area is 241 Å². The van der Waals surface area contributed by atoms with Crippen LogP contribution < -0.4 is 9.64 Å². The molecule has 3 fully saturated rings. The number of carboxylic acid groups (broad SMARTS) is 1. The molecule has 3 heterocycles. The number of hydrogen-bond donors (Lipinski definition) is 1. The minimum absolute atomic E-state index is 0.161. The summed E-state index contributed by atoms with van der Waals surface area (Å²) in [6.45, 7) is 2.75. The predicted molar refractivity (Wildman–Crippen MR) is 148 cm³/mol. The molecule has 0 spiro atoms. The van der Waals surface area contributed by atoms with Gasteiger partial charge in [0, 0.05) is 41.9 Å². The van der Waals surface area contributed by atoms with Crippen molar-refractivity contribution in [2.75, 3.05) is 11.5 Å². The second kappa shape index (κ2) is 11.6. The van der Waals surface area contributed by atoms with E-state index in [0.717, 1.165) is 62.7 Å². The van der Waals surface area contributed by atoms with Gasteiger partial charge in [0.25, 0.3) is 0 Å². The first-order valence-corrected chi connectivity index (χ1v) is 14.7. The van der Waals surface area contributed by atoms with Crippen LogP contribution in [0.15, 0.2) is 41.1 Å². The minimum atomic E-state index is -4.83. The van der Waals surface area contributed by atoms with Crippen LogP contribution in [-0.4, -0.2) is 46.3 Å². The van der Waals surface area contributed by atoms with Crippen molar-refractivity contribution in [3.05, 3.63) is 59.0 Å². The summed E-state index contributed by atoms with van der Waals surface area (Å²) in [5.74, 6) is 0.783. The van der Waals surface area contributed by atoms with Gasteiger partial charge >= 0.3 is 12.3 Å². The normalized spacial score (nSPS) is 20.7. The monoisotopic (exact) mass is 585 g/mol. The third-order valence-electron chi connectivity index (χ3n) is 8.47. The maximum Gasteiger partial charge on any atom is 0.573 e. The molecular formula is C31H34F3N3O5. The van der Waals surface area contributed by atoms with Crippen molar-refractivity contribution >= 4 is 11.8 Å². The van der Waals surface area contributed by atoms with E-state index in [0.29, 0.717) is 35.6 Å². The van der Waals surface area contributed by atoms with E-state index in [1.165, 1.54) is 18.3 Å². The Hall–Kier alpha value is -3.60. The molecule has 1 N–H and O–H groups in total. The van der Waals surface area contributed by atoms with Gasteiger partial charge in [0.1, 0.15) is 23.0 Å². The van der Waals surface area contributed by atoms with E-state index in [1.54, 1.807) is 18.2 Å². The van der Waals surface area contributed by atoms with Gasteiger partial charge in [-0.2, -0.15) is 0 Å². The first-order chi connectivity index (χ1) is 20.2. The molecule has 2 aromatic heterocycles. The molecule has 8 nitrogen and oxygen atoms in total. The maximum absolute atomic E-state index is 13.1. The van der Waals surface area contributed by atoms with Gasteiger partial charge in [0.2, 0.25) is 0 Å². The van der Waals surface area contributed by atoms with Gasteiger partial charge in [0.15, 0.2) is 0 Å². The number of anilines is 1. The van der Waals surface area contributed by atoms with Crippen molar-refractivity contribution in [2.24, 2.45) is 0 Å². The summed E-state index contributed by atoms with van der Waals surface area (Å²) in [5, 5.41) is 13.7. The third kappa shape index (κ3) is 6.11. The topological polar surface area (TPSA) is 97.9 Å². The number of nitrogens with zero attached hydrogens (tertiary/aromatic N) is 3. The Morgan fingerprint density at radius 3 is 2.52 bits per heavy atom. The van der Waals surface area contributed by atoms with Crippen molar-refractivity contribution in [3.8, 4) is 17.0 Å². The number of pyridine rings is 1. The number of alkyl halides is 3. The van der Waals surface area contributed by atoms with E-state index in [2.05, 4.69) is 26.7 Å². The number of carboxylic acids is 1. The van der Waals surface area contributed by atoms with Gasteiger partial charge in [-0.25, -0.2) is 9.78 Å². The van der Waals surface area contributed by atoms with E-state index in [1.807, 2.05) is 0 Å². The number of aromatic carboxylic acids is 1. The van der Waals surface area contributed by atoms with Crippen LogP contribution in [0.25, 0.3) is 11.3 Å². The molecule has 0 radical (unpaired) electrons. The van der Waals surface area contributed by atoms with Gasteiger partial charge in [-0.1, -0.05) is 24.2 Å². The highest BCUT2D eigenvalue weighted by Gasteiger charge is 2.38. The van der Waals surface area contributed by atoms with Crippen LogP contribution in [0.1, 0.15) is 97.4 Å². The van der Waals surface area contributed by atoms with Crippen molar-refractivity contribution in [1.29, 1.82) is 0 Å². The number of carbonyl (C=O) groups is 1. The molecule has 6 rings (SSSR count). The van der Waals surface area contributed by atoms with Gasteiger partial charge < -0.3 is 24.0 Å². The molecule has 42 heavy (non-hydrogen) atoms. The number of benzene rings is 1. The van der Waals surface area contributed by atoms with Crippen molar-refractivity contribution in [3.63, 3.8) is 0 Å². The Balaban J connectivity index is 1.18. The summed E-state index contributed by atoms with van der Waals surface area (Å²) in [5.41, 5.74) is 2.41. The Bertz CT molecular complexity index is 1430. The molecular weight excluding hydrogens is 551 g/mol. The highest BCUT2D eigenvalue weighted by molar-refractivity contribution is 5.88. The fourth-order valence-electron chi connectivity index (χ4n) is 6.10. The van der Waals surface area contributed by atoms with E-state index >= 15 is 0 Å². The lowest BCUT2D eigenvalue weighted by molar-refractivity contribution is -0.274. The summed E-state index contributed by atoms with van der Waals surface area (Å²) < 4.78 is 55.3. The van der Waals surface area contributed by atoms with Crippen molar-refractivity contribution in [2.45, 2.75) is 95.2 Å². The summed E-state index contributed by atoms with van der Waals surface area (Å²) in [7, 11) is 0. The molecule has 3 aliphatic rings. The molecule has 1 unspecified atom stereocenters. The zero-order valence-corrected chi connectivity index (χ0v) is 23.4. The highest BCUT2D eigenvalue weighted by Crippen LogP contribution is 2.47. The summed E-state index contributed by atoms with van der Waals surface area (Å²) in [6, 6.07) is 8.21. The largest absolute Gasteiger partial charge is 0.573 e. The lowest BCUT2D eigenvalue weighted by atomic mass is 10.0. The third-order valence-corrected chi connectivity index (χ3v) is 8.47. The first-order valence-electron chi connectivity index (χ1n) is 14.7. The Kier molecular flexibility index (Phi) is 7.87. The Morgan fingerprint density at radius 1 is 1.10 bits per heavy atom. The summed E-state index contributed by atoms with van der Waals surface area (Å²) >= 11 is 0. The molecule has 1 saturated heterocycles. The van der Waals surface area contributed by atoms with E-state index in [4.69, 9.17) is 9.26 Å². The number of para-hydroxylation sites is 1. The lowest BCUT2D eigenvalue weighted by Crippen LogP contribution is -2.38. The van der Waals surface area contributed by atoms with Crippen LogP contribution >= 0.6 is 0 Å². The van der Waals surface area contributed by atoms with Crippen molar-refractivity contribution < 1.29 is 37.1 Å². The minimum Gasteiger partial charge on any atom is -0.478 e. The Morgan fingerprint density at radius 2 is 1.83 bits per heavy atom. The smallest absolute Gasteiger partial charge is 0.478 e. The SMILES string of the molecule is CCC1CC[C@@H](CCOCc2c(-c3ccccc3OC(F)(F)F)noc2C2CC2)N1c1ncc(C(=O)O)cc1C1CC1. The van der Waals surface area contributed by atoms with E-state index in [-0.39, 0.29) is 35.4 Å². The van der Waals surface area contributed by atoms with Gasteiger partial charge in [0.05, 0.1) is 12.2 Å². The number of ether oxygens (including phenoxy) is 2. The average molecular weight is 586 g/mol. The number of aromatic nitrogens is 2. The number of halogens is 3. The van der Waals surface area contributed by atoms with Crippen LogP contribution in [0, 0.1) is 0 Å². The molecule has 2 aliphatic carbocycles. The zero-order valence-electron chi connectivity index (χ0n) is 23.4. The maximum atomic E-state index is 13.1. The number of rotatable bonds is 12.